The SMILES string of the molecule is CNc1ccc(C)cc1C(=O)N(C)c1ccccc1F. The molecule has 0 aliphatic carbocycles. The summed E-state index contributed by atoms with van der Waals surface area (Å²) in [5, 5.41) is 2.98. The third kappa shape index (κ3) is 2.64. The van der Waals surface area contributed by atoms with Crippen molar-refractivity contribution >= 4 is 17.3 Å². The van der Waals surface area contributed by atoms with Crippen molar-refractivity contribution in [2.24, 2.45) is 0 Å². The van der Waals surface area contributed by atoms with Gasteiger partial charge >= 0.3 is 0 Å². The average molecular weight is 272 g/mol. The van der Waals surface area contributed by atoms with Crippen LogP contribution in [-0.2, 0) is 0 Å². The Morgan fingerprint density at radius 1 is 1.20 bits per heavy atom. The first kappa shape index (κ1) is 14.1. The molecule has 3 nitrogen and oxygen atoms in total. The number of anilines is 2. The van der Waals surface area contributed by atoms with Crippen LogP contribution in [0.15, 0.2) is 42.5 Å². The van der Waals surface area contributed by atoms with Crippen molar-refractivity contribution in [3.8, 4) is 0 Å². The Morgan fingerprint density at radius 3 is 2.55 bits per heavy atom. The molecule has 0 spiro atoms. The van der Waals surface area contributed by atoms with Gasteiger partial charge in [0.05, 0.1) is 11.3 Å². The zero-order chi connectivity index (χ0) is 14.7. The summed E-state index contributed by atoms with van der Waals surface area (Å²) < 4.78 is 13.8. The van der Waals surface area contributed by atoms with Crippen LogP contribution in [-0.4, -0.2) is 20.0 Å². The minimum absolute atomic E-state index is 0.247. The third-order valence-electron chi connectivity index (χ3n) is 3.19. The van der Waals surface area contributed by atoms with Crippen LogP contribution in [0, 0.1) is 12.7 Å². The molecule has 2 aromatic carbocycles. The first-order valence-corrected chi connectivity index (χ1v) is 6.35. The minimum Gasteiger partial charge on any atom is -0.387 e. The smallest absolute Gasteiger partial charge is 0.260 e. The molecule has 0 atom stereocenters. The van der Waals surface area contributed by atoms with Gasteiger partial charge in [0.25, 0.3) is 5.91 Å². The predicted octanol–water partition coefficient (Wildman–Crippen LogP) is 3.45. The molecule has 20 heavy (non-hydrogen) atoms. The van der Waals surface area contributed by atoms with Crippen molar-refractivity contribution in [2.75, 3.05) is 24.3 Å². The second-order valence-corrected chi connectivity index (χ2v) is 4.61. The van der Waals surface area contributed by atoms with Gasteiger partial charge in [0.2, 0.25) is 0 Å². The lowest BCUT2D eigenvalue weighted by Crippen LogP contribution is -2.27. The van der Waals surface area contributed by atoms with Gasteiger partial charge in [0, 0.05) is 19.8 Å². The van der Waals surface area contributed by atoms with E-state index in [-0.39, 0.29) is 11.6 Å². The molecule has 1 amide bonds. The molecule has 4 heteroatoms. The van der Waals surface area contributed by atoms with Gasteiger partial charge in [-0.1, -0.05) is 23.8 Å². The lowest BCUT2D eigenvalue weighted by atomic mass is 10.1. The number of para-hydroxylation sites is 1. The highest BCUT2D eigenvalue weighted by atomic mass is 19.1. The van der Waals surface area contributed by atoms with Crippen molar-refractivity contribution in [1.29, 1.82) is 0 Å². The lowest BCUT2D eigenvalue weighted by Gasteiger charge is -2.20. The average Bonchev–Trinajstić information content (AvgIpc) is 2.46. The normalized spacial score (nSPS) is 10.2. The number of carbonyl (C=O) groups excluding carboxylic acids is 1. The first-order valence-electron chi connectivity index (χ1n) is 6.35. The van der Waals surface area contributed by atoms with Crippen molar-refractivity contribution in [3.63, 3.8) is 0 Å². The number of amides is 1. The van der Waals surface area contributed by atoms with Crippen LogP contribution in [0.2, 0.25) is 0 Å². The van der Waals surface area contributed by atoms with Gasteiger partial charge in [0.1, 0.15) is 5.82 Å². The molecular formula is C16H17FN2O. The Bertz CT molecular complexity index is 640. The first-order chi connectivity index (χ1) is 9.54. The van der Waals surface area contributed by atoms with Crippen LogP contribution in [0.25, 0.3) is 0 Å². The van der Waals surface area contributed by atoms with E-state index in [4.69, 9.17) is 0 Å². The molecule has 0 aromatic heterocycles. The van der Waals surface area contributed by atoms with Gasteiger partial charge < -0.3 is 10.2 Å². The fourth-order valence-corrected chi connectivity index (χ4v) is 2.07. The second-order valence-electron chi connectivity index (χ2n) is 4.61. The van der Waals surface area contributed by atoms with E-state index in [1.54, 1.807) is 38.4 Å². The van der Waals surface area contributed by atoms with Crippen molar-refractivity contribution < 1.29 is 9.18 Å². The number of rotatable bonds is 3. The highest BCUT2D eigenvalue weighted by Crippen LogP contribution is 2.23. The van der Waals surface area contributed by atoms with Gasteiger partial charge in [-0.2, -0.15) is 0 Å². The molecule has 0 saturated carbocycles. The van der Waals surface area contributed by atoms with Gasteiger partial charge in [0.15, 0.2) is 0 Å². The van der Waals surface area contributed by atoms with E-state index in [2.05, 4.69) is 5.32 Å². The van der Waals surface area contributed by atoms with Crippen LogP contribution in [0.1, 0.15) is 15.9 Å². The highest BCUT2D eigenvalue weighted by Gasteiger charge is 2.19. The Labute approximate surface area is 118 Å². The van der Waals surface area contributed by atoms with Crippen LogP contribution in [0.5, 0.6) is 0 Å². The minimum atomic E-state index is -0.415. The van der Waals surface area contributed by atoms with E-state index in [0.29, 0.717) is 5.56 Å². The van der Waals surface area contributed by atoms with Crippen molar-refractivity contribution in [3.05, 3.63) is 59.4 Å². The summed E-state index contributed by atoms with van der Waals surface area (Å²) >= 11 is 0. The lowest BCUT2D eigenvalue weighted by molar-refractivity contribution is 0.0993. The van der Waals surface area contributed by atoms with Crippen LogP contribution >= 0.6 is 0 Å². The molecule has 104 valence electrons. The Balaban J connectivity index is 2.41. The Morgan fingerprint density at radius 2 is 1.90 bits per heavy atom. The number of benzene rings is 2. The van der Waals surface area contributed by atoms with Gasteiger partial charge in [-0.3, -0.25) is 4.79 Å². The number of nitrogens with one attached hydrogen (secondary N) is 1. The standard InChI is InChI=1S/C16H17FN2O/c1-11-8-9-14(18-2)12(10-11)16(20)19(3)15-7-5-4-6-13(15)17/h4-10,18H,1-3H3. The Kier molecular flexibility index (Phi) is 4.03. The highest BCUT2D eigenvalue weighted by molar-refractivity contribution is 6.09. The molecular weight excluding hydrogens is 255 g/mol. The van der Waals surface area contributed by atoms with E-state index < -0.39 is 5.82 Å². The number of hydrogen-bond acceptors (Lipinski definition) is 2. The van der Waals surface area contributed by atoms with Crippen molar-refractivity contribution in [2.45, 2.75) is 6.92 Å². The van der Waals surface area contributed by atoms with Gasteiger partial charge in [-0.25, -0.2) is 4.39 Å². The fraction of sp³-hybridized carbons (Fsp3) is 0.188. The molecule has 0 fully saturated rings. The topological polar surface area (TPSA) is 32.3 Å². The quantitative estimate of drug-likeness (QED) is 0.928. The number of halogens is 1. The number of nitrogens with zero attached hydrogens (tertiary/aromatic N) is 1. The largest absolute Gasteiger partial charge is 0.387 e. The summed E-state index contributed by atoms with van der Waals surface area (Å²) in [6.07, 6.45) is 0. The molecule has 0 unspecified atom stereocenters. The fourth-order valence-electron chi connectivity index (χ4n) is 2.07. The zero-order valence-electron chi connectivity index (χ0n) is 11.8. The van der Waals surface area contributed by atoms with Crippen LogP contribution < -0.4 is 10.2 Å². The number of carbonyl (C=O) groups is 1. The monoisotopic (exact) mass is 272 g/mol. The third-order valence-corrected chi connectivity index (χ3v) is 3.19. The maximum atomic E-state index is 13.8. The van der Waals surface area contributed by atoms with Crippen LogP contribution in [0.3, 0.4) is 0 Å². The maximum Gasteiger partial charge on any atom is 0.260 e. The van der Waals surface area contributed by atoms with Gasteiger partial charge in [-0.15, -0.1) is 0 Å². The molecule has 0 aliphatic heterocycles. The molecule has 0 heterocycles. The molecule has 2 aromatic rings. The zero-order valence-corrected chi connectivity index (χ0v) is 11.8. The predicted molar refractivity (Wildman–Crippen MR) is 79.9 cm³/mol. The van der Waals surface area contributed by atoms with E-state index in [0.717, 1.165) is 11.3 Å². The summed E-state index contributed by atoms with van der Waals surface area (Å²) in [4.78, 5) is 13.9. The summed E-state index contributed by atoms with van der Waals surface area (Å²) in [6.45, 7) is 1.92. The molecule has 0 saturated heterocycles. The molecule has 2 rings (SSSR count). The van der Waals surface area contributed by atoms with Crippen molar-refractivity contribution in [1.82, 2.24) is 0 Å². The van der Waals surface area contributed by atoms with Gasteiger partial charge in [-0.05, 0) is 31.2 Å². The molecule has 0 aliphatic rings. The van der Waals surface area contributed by atoms with Crippen LogP contribution in [0.4, 0.5) is 15.8 Å². The summed E-state index contributed by atoms with van der Waals surface area (Å²) in [6, 6.07) is 11.8. The number of aryl methyl sites for hydroxylation is 1. The maximum absolute atomic E-state index is 13.8. The van der Waals surface area contributed by atoms with E-state index in [1.807, 2.05) is 19.1 Å². The second kappa shape index (κ2) is 5.74. The summed E-state index contributed by atoms with van der Waals surface area (Å²) in [5.41, 5.74) is 2.50. The molecule has 1 N–H and O–H groups in total. The van der Waals surface area contributed by atoms with E-state index in [1.165, 1.54) is 11.0 Å². The van der Waals surface area contributed by atoms with E-state index >= 15 is 0 Å². The van der Waals surface area contributed by atoms with E-state index in [9.17, 15) is 9.18 Å². The molecule has 0 bridgehead atoms. The number of hydrogen-bond donors (Lipinski definition) is 1. The summed E-state index contributed by atoms with van der Waals surface area (Å²) in [7, 11) is 3.33. The Hall–Kier alpha value is -2.36. The molecule has 0 radical (unpaired) electrons. The summed E-state index contributed by atoms with van der Waals surface area (Å²) in [5.74, 6) is -0.662.